The average molecular weight is 244 g/mol. The molecule has 0 radical (unpaired) electrons. The fraction of sp³-hybridized carbons (Fsp3) is 0.750. The molecule has 1 aliphatic carbocycles. The lowest BCUT2D eigenvalue weighted by Crippen LogP contribution is -2.25. The van der Waals surface area contributed by atoms with Crippen LogP contribution >= 0.6 is 0 Å². The minimum absolute atomic E-state index is 0.127. The molecular weight excluding hydrogens is 233 g/mol. The summed E-state index contributed by atoms with van der Waals surface area (Å²) < 4.78 is 61.1. The molecule has 7 heteroatoms. The van der Waals surface area contributed by atoms with Gasteiger partial charge in [-0.3, -0.25) is 0 Å². The Morgan fingerprint density at radius 1 is 1.40 bits per heavy atom. The second-order valence-corrected chi connectivity index (χ2v) is 5.62. The van der Waals surface area contributed by atoms with E-state index < -0.39 is 15.6 Å². The first-order valence-electron chi connectivity index (χ1n) is 4.26. The Hall–Kier alpha value is -0.720. The zero-order chi connectivity index (χ0) is 11.9. The highest BCUT2D eigenvalue weighted by molar-refractivity contribution is 7.87. The van der Waals surface area contributed by atoms with Gasteiger partial charge in [0.1, 0.15) is 5.76 Å². The number of rotatable bonds is 2. The third-order valence-corrected chi connectivity index (χ3v) is 3.07. The second-order valence-electron chi connectivity index (χ2n) is 4.08. The van der Waals surface area contributed by atoms with Crippen molar-refractivity contribution in [1.29, 1.82) is 0 Å². The lowest BCUT2D eigenvalue weighted by molar-refractivity contribution is -0.0522. The Kier molecular flexibility index (Phi) is 2.80. The predicted octanol–water partition coefficient (Wildman–Crippen LogP) is 2.56. The van der Waals surface area contributed by atoms with E-state index in [1.165, 1.54) is 6.08 Å². The van der Waals surface area contributed by atoms with E-state index in [2.05, 4.69) is 4.18 Å². The van der Waals surface area contributed by atoms with Gasteiger partial charge in [-0.05, 0) is 17.9 Å². The summed E-state index contributed by atoms with van der Waals surface area (Å²) in [5, 5.41) is 0. The topological polar surface area (TPSA) is 43.4 Å². The molecule has 0 fully saturated rings. The SMILES string of the molecule is CC1(C)C=C(OS(=O)(=O)C(F)(F)F)CC1. The summed E-state index contributed by atoms with van der Waals surface area (Å²) in [4.78, 5) is 0. The zero-order valence-electron chi connectivity index (χ0n) is 8.26. The van der Waals surface area contributed by atoms with Gasteiger partial charge in [-0.25, -0.2) is 0 Å². The van der Waals surface area contributed by atoms with Crippen LogP contribution in [0, 0.1) is 5.41 Å². The maximum atomic E-state index is 11.9. The first-order chi connectivity index (χ1) is 6.54. The molecule has 1 aliphatic rings. The third kappa shape index (κ3) is 2.87. The fourth-order valence-corrected chi connectivity index (χ4v) is 1.79. The summed E-state index contributed by atoms with van der Waals surface area (Å²) in [7, 11) is -5.50. The van der Waals surface area contributed by atoms with Gasteiger partial charge in [-0.2, -0.15) is 21.6 Å². The van der Waals surface area contributed by atoms with E-state index in [1.807, 2.05) is 0 Å². The largest absolute Gasteiger partial charge is 0.534 e. The van der Waals surface area contributed by atoms with Gasteiger partial charge in [0, 0.05) is 6.42 Å². The summed E-state index contributed by atoms with van der Waals surface area (Å²) in [6.07, 6.45) is 2.20. The summed E-state index contributed by atoms with van der Waals surface area (Å²) in [5.41, 5.74) is -5.67. The van der Waals surface area contributed by atoms with E-state index >= 15 is 0 Å². The highest BCUT2D eigenvalue weighted by Crippen LogP contribution is 2.37. The van der Waals surface area contributed by atoms with Gasteiger partial charge in [0.15, 0.2) is 0 Å². The average Bonchev–Trinajstić information content (AvgIpc) is 2.26. The van der Waals surface area contributed by atoms with Crippen molar-refractivity contribution in [2.75, 3.05) is 0 Å². The van der Waals surface area contributed by atoms with E-state index in [9.17, 15) is 21.6 Å². The highest BCUT2D eigenvalue weighted by Gasteiger charge is 2.49. The van der Waals surface area contributed by atoms with Crippen LogP contribution in [0.3, 0.4) is 0 Å². The second kappa shape index (κ2) is 3.40. The van der Waals surface area contributed by atoms with Gasteiger partial charge in [-0.15, -0.1) is 0 Å². The van der Waals surface area contributed by atoms with Gasteiger partial charge in [-0.1, -0.05) is 13.8 Å². The molecule has 0 amide bonds. The molecule has 0 saturated heterocycles. The van der Waals surface area contributed by atoms with Gasteiger partial charge in [0.25, 0.3) is 0 Å². The molecule has 15 heavy (non-hydrogen) atoms. The van der Waals surface area contributed by atoms with Gasteiger partial charge < -0.3 is 4.18 Å². The first-order valence-corrected chi connectivity index (χ1v) is 5.67. The van der Waals surface area contributed by atoms with E-state index in [0.717, 1.165) is 0 Å². The van der Waals surface area contributed by atoms with Crippen LogP contribution in [0.25, 0.3) is 0 Å². The highest BCUT2D eigenvalue weighted by atomic mass is 32.2. The standard InChI is InChI=1S/C8H11F3O3S/c1-7(2)4-3-6(5-7)14-15(12,13)8(9,10)11/h5H,3-4H2,1-2H3. The van der Waals surface area contributed by atoms with Crippen molar-refractivity contribution in [3.8, 4) is 0 Å². The van der Waals surface area contributed by atoms with Crippen molar-refractivity contribution in [3.63, 3.8) is 0 Å². The van der Waals surface area contributed by atoms with Gasteiger partial charge >= 0.3 is 15.6 Å². The van der Waals surface area contributed by atoms with Crippen LogP contribution in [0.15, 0.2) is 11.8 Å². The van der Waals surface area contributed by atoms with Crippen LogP contribution < -0.4 is 0 Å². The minimum atomic E-state index is -5.50. The van der Waals surface area contributed by atoms with Crippen LogP contribution in [0.5, 0.6) is 0 Å². The summed E-state index contributed by atoms with van der Waals surface area (Å²) >= 11 is 0. The van der Waals surface area contributed by atoms with Crippen molar-refractivity contribution < 1.29 is 25.8 Å². The maximum Gasteiger partial charge on any atom is 0.534 e. The lowest BCUT2D eigenvalue weighted by Gasteiger charge is -2.11. The quantitative estimate of drug-likeness (QED) is 0.554. The third-order valence-electron chi connectivity index (χ3n) is 2.07. The Morgan fingerprint density at radius 3 is 2.27 bits per heavy atom. The van der Waals surface area contributed by atoms with E-state index in [0.29, 0.717) is 6.42 Å². The first kappa shape index (κ1) is 12.4. The molecule has 0 aliphatic heterocycles. The fourth-order valence-electron chi connectivity index (χ4n) is 1.28. The van der Waals surface area contributed by atoms with Crippen LogP contribution in [0.2, 0.25) is 0 Å². The van der Waals surface area contributed by atoms with Crippen molar-refractivity contribution in [2.45, 2.75) is 32.2 Å². The molecule has 0 heterocycles. The molecule has 0 N–H and O–H groups in total. The molecule has 0 bridgehead atoms. The molecular formula is C8H11F3O3S. The van der Waals surface area contributed by atoms with Crippen LogP contribution in [-0.2, 0) is 14.3 Å². The minimum Gasteiger partial charge on any atom is -0.381 e. The number of halogens is 3. The molecule has 1 rings (SSSR count). The summed E-state index contributed by atoms with van der Waals surface area (Å²) in [6, 6.07) is 0. The van der Waals surface area contributed by atoms with Crippen molar-refractivity contribution in [1.82, 2.24) is 0 Å². The number of allylic oxidation sites excluding steroid dienone is 2. The maximum absolute atomic E-state index is 11.9. The smallest absolute Gasteiger partial charge is 0.381 e. The summed E-state index contributed by atoms with van der Waals surface area (Å²) in [5.74, 6) is -0.127. The Bertz CT molecular complexity index is 378. The van der Waals surface area contributed by atoms with E-state index in [1.54, 1.807) is 13.8 Å². The Morgan fingerprint density at radius 2 is 1.93 bits per heavy atom. The predicted molar refractivity (Wildman–Crippen MR) is 47.2 cm³/mol. The van der Waals surface area contributed by atoms with Gasteiger partial charge in [0.2, 0.25) is 0 Å². The van der Waals surface area contributed by atoms with Gasteiger partial charge in [0.05, 0.1) is 0 Å². The van der Waals surface area contributed by atoms with Crippen molar-refractivity contribution in [2.24, 2.45) is 5.41 Å². The number of hydrogen-bond acceptors (Lipinski definition) is 3. The molecule has 0 saturated carbocycles. The molecule has 0 atom stereocenters. The molecule has 0 unspecified atom stereocenters. The molecule has 0 aromatic carbocycles. The normalized spacial score (nSPS) is 21.3. The molecule has 0 aromatic rings. The van der Waals surface area contributed by atoms with Crippen LogP contribution in [0.4, 0.5) is 13.2 Å². The number of alkyl halides is 3. The molecule has 3 nitrogen and oxygen atoms in total. The number of hydrogen-bond donors (Lipinski definition) is 0. The van der Waals surface area contributed by atoms with Crippen molar-refractivity contribution in [3.05, 3.63) is 11.8 Å². The molecule has 88 valence electrons. The lowest BCUT2D eigenvalue weighted by atomic mass is 9.94. The molecule has 0 aromatic heterocycles. The monoisotopic (exact) mass is 244 g/mol. The van der Waals surface area contributed by atoms with E-state index in [4.69, 9.17) is 0 Å². The van der Waals surface area contributed by atoms with Crippen LogP contribution in [-0.4, -0.2) is 13.9 Å². The van der Waals surface area contributed by atoms with Crippen molar-refractivity contribution >= 4 is 10.1 Å². The van der Waals surface area contributed by atoms with E-state index in [-0.39, 0.29) is 17.6 Å². The summed E-state index contributed by atoms with van der Waals surface area (Å²) in [6.45, 7) is 3.59. The Labute approximate surface area is 86.0 Å². The Balaban J connectivity index is 2.82. The van der Waals surface area contributed by atoms with Crippen LogP contribution in [0.1, 0.15) is 26.7 Å². The zero-order valence-corrected chi connectivity index (χ0v) is 9.07. The molecule has 0 spiro atoms.